The number of carbonyl (C=O) groups excluding carboxylic acids is 1. The molecule has 1 heterocycles. The number of aryl methyl sites for hydroxylation is 2. The molecule has 1 aliphatic heterocycles. The Morgan fingerprint density at radius 2 is 1.80 bits per heavy atom. The second kappa shape index (κ2) is 5.33. The Balaban J connectivity index is 1.84. The Morgan fingerprint density at radius 1 is 1.05 bits per heavy atom. The number of ketones is 1. The monoisotopic (exact) mass is 263 g/mol. The van der Waals surface area contributed by atoms with Crippen LogP contribution in [0.25, 0.3) is 0 Å². The van der Waals surface area contributed by atoms with Gasteiger partial charge in [0.25, 0.3) is 0 Å². The standard InChI is InChI=1S/C18H17NO/c1-13-6-2-4-8-16(13)18(20)12-15-11-10-14-7-3-5-9-17(14)19-15/h2-9,12,19H,10-11H2,1H3/b15-12-. The number of fused-ring (bicyclic) bond motifs is 1. The van der Waals surface area contributed by atoms with E-state index in [1.807, 2.05) is 43.3 Å². The number of rotatable bonds is 2. The highest BCUT2D eigenvalue weighted by atomic mass is 16.1. The van der Waals surface area contributed by atoms with E-state index in [9.17, 15) is 4.79 Å². The minimum Gasteiger partial charge on any atom is -0.359 e. The van der Waals surface area contributed by atoms with Crippen LogP contribution in [0.2, 0.25) is 0 Å². The minimum absolute atomic E-state index is 0.0741. The van der Waals surface area contributed by atoms with E-state index in [0.29, 0.717) is 0 Å². The molecule has 0 atom stereocenters. The zero-order chi connectivity index (χ0) is 13.9. The van der Waals surface area contributed by atoms with Crippen molar-refractivity contribution in [2.75, 3.05) is 5.32 Å². The fourth-order valence-electron chi connectivity index (χ4n) is 2.56. The number of nitrogens with one attached hydrogen (secondary N) is 1. The van der Waals surface area contributed by atoms with Gasteiger partial charge in [0, 0.05) is 23.0 Å². The molecule has 0 saturated carbocycles. The smallest absolute Gasteiger partial charge is 0.187 e. The van der Waals surface area contributed by atoms with Crippen LogP contribution in [0.4, 0.5) is 5.69 Å². The zero-order valence-electron chi connectivity index (χ0n) is 11.5. The van der Waals surface area contributed by atoms with Gasteiger partial charge in [-0.1, -0.05) is 42.5 Å². The van der Waals surface area contributed by atoms with Gasteiger partial charge in [0.05, 0.1) is 0 Å². The van der Waals surface area contributed by atoms with Crippen LogP contribution < -0.4 is 5.32 Å². The maximum absolute atomic E-state index is 12.3. The molecule has 3 rings (SSSR count). The van der Waals surface area contributed by atoms with Crippen molar-refractivity contribution in [3.8, 4) is 0 Å². The molecule has 0 bridgehead atoms. The summed E-state index contributed by atoms with van der Waals surface area (Å²) in [6, 6.07) is 16.0. The van der Waals surface area contributed by atoms with E-state index in [2.05, 4.69) is 17.4 Å². The summed E-state index contributed by atoms with van der Waals surface area (Å²) >= 11 is 0. The molecule has 1 N–H and O–H groups in total. The Morgan fingerprint density at radius 3 is 2.65 bits per heavy atom. The van der Waals surface area contributed by atoms with Crippen molar-refractivity contribution in [3.63, 3.8) is 0 Å². The second-order valence-electron chi connectivity index (χ2n) is 5.13. The SMILES string of the molecule is Cc1ccccc1C(=O)/C=C1/CCc2ccccc2N1. The van der Waals surface area contributed by atoms with Gasteiger partial charge >= 0.3 is 0 Å². The summed E-state index contributed by atoms with van der Waals surface area (Å²) in [7, 11) is 0. The first-order valence-corrected chi connectivity index (χ1v) is 6.89. The summed E-state index contributed by atoms with van der Waals surface area (Å²) in [5, 5.41) is 3.36. The van der Waals surface area contributed by atoms with E-state index in [-0.39, 0.29) is 5.78 Å². The Kier molecular flexibility index (Phi) is 3.38. The molecule has 20 heavy (non-hydrogen) atoms. The van der Waals surface area contributed by atoms with Crippen molar-refractivity contribution in [1.82, 2.24) is 0 Å². The van der Waals surface area contributed by atoms with Crippen LogP contribution in [-0.4, -0.2) is 5.78 Å². The Bertz CT molecular complexity index is 685. The highest BCUT2D eigenvalue weighted by Gasteiger charge is 2.13. The van der Waals surface area contributed by atoms with E-state index in [1.165, 1.54) is 5.56 Å². The van der Waals surface area contributed by atoms with Crippen molar-refractivity contribution in [3.05, 3.63) is 77.0 Å². The average Bonchev–Trinajstić information content (AvgIpc) is 2.47. The number of anilines is 1. The molecule has 0 saturated heterocycles. The van der Waals surface area contributed by atoms with E-state index >= 15 is 0 Å². The van der Waals surface area contributed by atoms with Gasteiger partial charge in [0.15, 0.2) is 5.78 Å². The number of hydrogen-bond acceptors (Lipinski definition) is 2. The second-order valence-corrected chi connectivity index (χ2v) is 5.13. The maximum atomic E-state index is 12.3. The van der Waals surface area contributed by atoms with Crippen LogP contribution >= 0.6 is 0 Å². The summed E-state index contributed by atoms with van der Waals surface area (Å²) in [4.78, 5) is 12.3. The molecule has 1 aliphatic rings. The first kappa shape index (κ1) is 12.7. The lowest BCUT2D eigenvalue weighted by Gasteiger charge is -2.20. The topological polar surface area (TPSA) is 29.1 Å². The number of allylic oxidation sites excluding steroid dienone is 2. The summed E-state index contributed by atoms with van der Waals surface area (Å²) in [5.41, 5.74) is 5.22. The minimum atomic E-state index is 0.0741. The molecule has 0 unspecified atom stereocenters. The van der Waals surface area contributed by atoms with Crippen molar-refractivity contribution >= 4 is 11.5 Å². The third-order valence-electron chi connectivity index (χ3n) is 3.69. The molecule has 2 aromatic carbocycles. The van der Waals surface area contributed by atoms with Crippen molar-refractivity contribution in [2.45, 2.75) is 19.8 Å². The molecule has 0 aromatic heterocycles. The van der Waals surface area contributed by atoms with Crippen molar-refractivity contribution in [1.29, 1.82) is 0 Å². The van der Waals surface area contributed by atoms with Gasteiger partial charge in [-0.3, -0.25) is 4.79 Å². The summed E-state index contributed by atoms with van der Waals surface area (Å²) in [6.45, 7) is 1.97. The largest absolute Gasteiger partial charge is 0.359 e. The lowest BCUT2D eigenvalue weighted by atomic mass is 9.99. The molecule has 0 spiro atoms. The zero-order valence-corrected chi connectivity index (χ0v) is 11.5. The molecule has 2 heteroatoms. The maximum Gasteiger partial charge on any atom is 0.187 e. The predicted molar refractivity (Wildman–Crippen MR) is 82.0 cm³/mol. The normalized spacial score (nSPS) is 15.6. The summed E-state index contributed by atoms with van der Waals surface area (Å²) in [6.07, 6.45) is 3.60. The molecule has 100 valence electrons. The van der Waals surface area contributed by atoms with Gasteiger partial charge in [-0.05, 0) is 37.0 Å². The molecule has 0 fully saturated rings. The number of benzene rings is 2. The fraction of sp³-hybridized carbons (Fsp3) is 0.167. The van der Waals surface area contributed by atoms with Crippen molar-refractivity contribution < 1.29 is 4.79 Å². The van der Waals surface area contributed by atoms with Gasteiger partial charge in [-0.2, -0.15) is 0 Å². The van der Waals surface area contributed by atoms with Crippen LogP contribution in [-0.2, 0) is 6.42 Å². The van der Waals surface area contributed by atoms with Crippen LogP contribution in [0.1, 0.15) is 27.9 Å². The first-order chi connectivity index (χ1) is 9.74. The van der Waals surface area contributed by atoms with E-state index in [0.717, 1.165) is 35.4 Å². The molecule has 0 radical (unpaired) electrons. The highest BCUT2D eigenvalue weighted by molar-refractivity contribution is 6.06. The average molecular weight is 263 g/mol. The fourth-order valence-corrected chi connectivity index (χ4v) is 2.56. The van der Waals surface area contributed by atoms with E-state index < -0.39 is 0 Å². The Labute approximate surface area is 119 Å². The molecule has 0 aliphatic carbocycles. The molecular weight excluding hydrogens is 246 g/mol. The number of hydrogen-bond donors (Lipinski definition) is 1. The molecule has 2 aromatic rings. The van der Waals surface area contributed by atoms with Crippen LogP contribution in [0, 0.1) is 6.92 Å². The summed E-state index contributed by atoms with van der Waals surface area (Å²) < 4.78 is 0. The summed E-state index contributed by atoms with van der Waals surface area (Å²) in [5.74, 6) is 0.0741. The first-order valence-electron chi connectivity index (χ1n) is 6.89. The molecular formula is C18H17NO. The quantitative estimate of drug-likeness (QED) is 0.652. The van der Waals surface area contributed by atoms with Crippen LogP contribution in [0.5, 0.6) is 0 Å². The van der Waals surface area contributed by atoms with Gasteiger partial charge in [0.1, 0.15) is 0 Å². The molecule has 2 nitrogen and oxygen atoms in total. The lowest BCUT2D eigenvalue weighted by molar-refractivity contribution is 0.104. The van der Waals surface area contributed by atoms with E-state index in [1.54, 1.807) is 6.08 Å². The number of carbonyl (C=O) groups is 1. The predicted octanol–water partition coefficient (Wildman–Crippen LogP) is 4.12. The van der Waals surface area contributed by atoms with Crippen LogP contribution in [0.3, 0.4) is 0 Å². The van der Waals surface area contributed by atoms with Crippen LogP contribution in [0.15, 0.2) is 60.3 Å². The number of para-hydroxylation sites is 1. The molecule has 0 amide bonds. The highest BCUT2D eigenvalue weighted by Crippen LogP contribution is 2.26. The lowest BCUT2D eigenvalue weighted by Crippen LogP contribution is -2.12. The third kappa shape index (κ3) is 2.50. The third-order valence-corrected chi connectivity index (χ3v) is 3.69. The van der Waals surface area contributed by atoms with Gasteiger partial charge in [-0.25, -0.2) is 0 Å². The van der Waals surface area contributed by atoms with E-state index in [4.69, 9.17) is 0 Å². The van der Waals surface area contributed by atoms with Crippen molar-refractivity contribution in [2.24, 2.45) is 0 Å². The van der Waals surface area contributed by atoms with Gasteiger partial charge in [-0.15, -0.1) is 0 Å². The van der Waals surface area contributed by atoms with Gasteiger partial charge < -0.3 is 5.32 Å². The Hall–Kier alpha value is -2.35. The van der Waals surface area contributed by atoms with Gasteiger partial charge in [0.2, 0.25) is 0 Å².